The van der Waals surface area contributed by atoms with Crippen LogP contribution in [0.1, 0.15) is 37.7 Å². The van der Waals surface area contributed by atoms with Gasteiger partial charge in [0.05, 0.1) is 0 Å². The van der Waals surface area contributed by atoms with Crippen molar-refractivity contribution in [1.29, 1.82) is 0 Å². The Kier molecular flexibility index (Phi) is 3.70. The number of likely N-dealkylation sites (tertiary alicyclic amines) is 1. The molecule has 21 heavy (non-hydrogen) atoms. The van der Waals surface area contributed by atoms with Crippen LogP contribution in [0.4, 0.5) is 0 Å². The molecule has 1 N–H and O–H groups in total. The fourth-order valence-corrected chi connectivity index (χ4v) is 3.56. The molecule has 3 rings (SSSR count). The zero-order valence-electron chi connectivity index (χ0n) is 12.2. The summed E-state index contributed by atoms with van der Waals surface area (Å²) in [6, 6.07) is 9.38. The highest BCUT2D eigenvalue weighted by atomic mass is 16.4. The number of hydrogen-bond donors (Lipinski definition) is 1. The van der Waals surface area contributed by atoms with Gasteiger partial charge in [-0.1, -0.05) is 37.3 Å². The molecule has 0 spiro atoms. The van der Waals surface area contributed by atoms with E-state index in [0.717, 1.165) is 19.3 Å². The van der Waals surface area contributed by atoms with E-state index in [4.69, 9.17) is 0 Å². The molecule has 112 valence electrons. The number of aliphatic carboxylic acids is 1. The van der Waals surface area contributed by atoms with Crippen molar-refractivity contribution >= 4 is 11.9 Å². The van der Waals surface area contributed by atoms with E-state index in [1.807, 2.05) is 37.3 Å². The van der Waals surface area contributed by atoms with Crippen molar-refractivity contribution in [1.82, 2.24) is 4.90 Å². The summed E-state index contributed by atoms with van der Waals surface area (Å²) in [5.41, 5.74) is 1.19. The molecule has 1 aliphatic heterocycles. The zero-order chi connectivity index (χ0) is 15.0. The Labute approximate surface area is 124 Å². The van der Waals surface area contributed by atoms with Crippen LogP contribution in [0, 0.1) is 11.8 Å². The molecule has 4 nitrogen and oxygen atoms in total. The number of carbonyl (C=O) groups excluding carboxylic acids is 1. The molecule has 2 aliphatic rings. The highest BCUT2D eigenvalue weighted by Gasteiger charge is 2.49. The Morgan fingerprint density at radius 3 is 2.62 bits per heavy atom. The van der Waals surface area contributed by atoms with E-state index in [9.17, 15) is 14.7 Å². The second-order valence-corrected chi connectivity index (χ2v) is 6.29. The normalized spacial score (nSPS) is 31.8. The zero-order valence-corrected chi connectivity index (χ0v) is 12.2. The summed E-state index contributed by atoms with van der Waals surface area (Å²) in [5, 5.41) is 9.42. The third-order valence-corrected chi connectivity index (χ3v) is 4.80. The van der Waals surface area contributed by atoms with Crippen LogP contribution in [0.3, 0.4) is 0 Å². The average molecular weight is 287 g/mol. The SMILES string of the molecule is CC1CCCN(C(=O)C2CC2c2ccccc2)C1C(=O)O. The third kappa shape index (κ3) is 2.67. The van der Waals surface area contributed by atoms with Gasteiger partial charge in [0.2, 0.25) is 5.91 Å². The lowest BCUT2D eigenvalue weighted by Gasteiger charge is -2.37. The minimum atomic E-state index is -0.868. The van der Waals surface area contributed by atoms with Crippen molar-refractivity contribution in [3.8, 4) is 0 Å². The van der Waals surface area contributed by atoms with E-state index >= 15 is 0 Å². The van der Waals surface area contributed by atoms with Crippen LogP contribution in [-0.2, 0) is 9.59 Å². The Balaban J connectivity index is 1.72. The lowest BCUT2D eigenvalue weighted by atomic mass is 9.90. The molecule has 1 amide bonds. The molecule has 0 bridgehead atoms. The third-order valence-electron chi connectivity index (χ3n) is 4.80. The van der Waals surface area contributed by atoms with Crippen molar-refractivity contribution < 1.29 is 14.7 Å². The molecule has 0 radical (unpaired) electrons. The first-order valence-electron chi connectivity index (χ1n) is 7.68. The van der Waals surface area contributed by atoms with Crippen molar-refractivity contribution in [3.05, 3.63) is 35.9 Å². The van der Waals surface area contributed by atoms with E-state index in [0.29, 0.717) is 6.54 Å². The number of carboxylic acids is 1. The number of carbonyl (C=O) groups is 2. The molecule has 1 aromatic carbocycles. The van der Waals surface area contributed by atoms with Gasteiger partial charge in [0, 0.05) is 12.5 Å². The largest absolute Gasteiger partial charge is 0.480 e. The second-order valence-electron chi connectivity index (χ2n) is 6.29. The quantitative estimate of drug-likeness (QED) is 0.929. The molecule has 1 aromatic rings. The minimum Gasteiger partial charge on any atom is -0.480 e. The lowest BCUT2D eigenvalue weighted by molar-refractivity contribution is -0.155. The first-order chi connectivity index (χ1) is 10.1. The van der Waals surface area contributed by atoms with Gasteiger partial charge in [-0.3, -0.25) is 4.79 Å². The van der Waals surface area contributed by atoms with Gasteiger partial charge < -0.3 is 10.0 Å². The number of benzene rings is 1. The molecule has 0 aromatic heterocycles. The number of nitrogens with zero attached hydrogens (tertiary/aromatic N) is 1. The van der Waals surface area contributed by atoms with Crippen molar-refractivity contribution in [2.24, 2.45) is 11.8 Å². The molecule has 1 saturated heterocycles. The van der Waals surface area contributed by atoms with Gasteiger partial charge >= 0.3 is 5.97 Å². The molecule has 4 heteroatoms. The molecule has 1 saturated carbocycles. The maximum Gasteiger partial charge on any atom is 0.326 e. The molecular weight excluding hydrogens is 266 g/mol. The van der Waals surface area contributed by atoms with E-state index in [2.05, 4.69) is 0 Å². The second kappa shape index (κ2) is 5.51. The monoisotopic (exact) mass is 287 g/mol. The van der Waals surface area contributed by atoms with Crippen LogP contribution < -0.4 is 0 Å². The van der Waals surface area contributed by atoms with E-state index < -0.39 is 12.0 Å². The summed E-state index contributed by atoms with van der Waals surface area (Å²) in [6.07, 6.45) is 2.63. The van der Waals surface area contributed by atoms with E-state index in [-0.39, 0.29) is 23.7 Å². The fourth-order valence-electron chi connectivity index (χ4n) is 3.56. The maximum atomic E-state index is 12.7. The highest BCUT2D eigenvalue weighted by Crippen LogP contribution is 2.49. The number of carboxylic acid groups (broad SMARTS) is 1. The van der Waals surface area contributed by atoms with Crippen molar-refractivity contribution in [3.63, 3.8) is 0 Å². The first-order valence-corrected chi connectivity index (χ1v) is 7.68. The van der Waals surface area contributed by atoms with Gasteiger partial charge in [-0.25, -0.2) is 4.79 Å². The molecule has 2 fully saturated rings. The van der Waals surface area contributed by atoms with Gasteiger partial charge in [-0.15, -0.1) is 0 Å². The van der Waals surface area contributed by atoms with Crippen LogP contribution >= 0.6 is 0 Å². The predicted molar refractivity (Wildman–Crippen MR) is 78.8 cm³/mol. The van der Waals surface area contributed by atoms with Crippen molar-refractivity contribution in [2.75, 3.05) is 6.54 Å². The smallest absolute Gasteiger partial charge is 0.326 e. The molecule has 4 atom stereocenters. The first kappa shape index (κ1) is 14.1. The summed E-state index contributed by atoms with van der Waals surface area (Å²) >= 11 is 0. The van der Waals surface area contributed by atoms with Gasteiger partial charge in [0.1, 0.15) is 6.04 Å². The summed E-state index contributed by atoms with van der Waals surface area (Å²) in [4.78, 5) is 25.8. The van der Waals surface area contributed by atoms with Crippen LogP contribution in [0.5, 0.6) is 0 Å². The van der Waals surface area contributed by atoms with E-state index in [1.165, 1.54) is 5.56 Å². The Morgan fingerprint density at radius 1 is 1.24 bits per heavy atom. The number of rotatable bonds is 3. The summed E-state index contributed by atoms with van der Waals surface area (Å²) in [5.74, 6) is -0.561. The molecule has 1 aliphatic carbocycles. The minimum absolute atomic E-state index is 0.0282. The maximum absolute atomic E-state index is 12.7. The van der Waals surface area contributed by atoms with Gasteiger partial charge in [0.15, 0.2) is 0 Å². The van der Waals surface area contributed by atoms with Gasteiger partial charge in [-0.2, -0.15) is 0 Å². The summed E-state index contributed by atoms with van der Waals surface area (Å²) in [7, 11) is 0. The Bertz CT molecular complexity index is 542. The van der Waals surface area contributed by atoms with Crippen LogP contribution in [0.15, 0.2) is 30.3 Å². The van der Waals surface area contributed by atoms with Crippen LogP contribution in [0.25, 0.3) is 0 Å². The number of piperidine rings is 1. The van der Waals surface area contributed by atoms with Crippen molar-refractivity contribution in [2.45, 2.75) is 38.1 Å². The molecule has 1 heterocycles. The van der Waals surface area contributed by atoms with E-state index in [1.54, 1.807) is 4.90 Å². The van der Waals surface area contributed by atoms with Gasteiger partial charge in [0.25, 0.3) is 0 Å². The van der Waals surface area contributed by atoms with Gasteiger partial charge in [-0.05, 0) is 36.7 Å². The lowest BCUT2D eigenvalue weighted by Crippen LogP contribution is -2.52. The molecular formula is C17H21NO3. The Morgan fingerprint density at radius 2 is 1.95 bits per heavy atom. The molecule has 4 unspecified atom stereocenters. The standard InChI is InChI=1S/C17H21NO3/c1-11-6-5-9-18(15(11)17(20)21)16(19)14-10-13(14)12-7-3-2-4-8-12/h2-4,7-8,11,13-15H,5-6,9-10H2,1H3,(H,20,21). The number of amides is 1. The number of hydrogen-bond acceptors (Lipinski definition) is 2. The highest BCUT2D eigenvalue weighted by molar-refractivity contribution is 5.88. The average Bonchev–Trinajstić information content (AvgIpc) is 3.27. The fraction of sp³-hybridized carbons (Fsp3) is 0.529. The topological polar surface area (TPSA) is 57.6 Å². The van der Waals surface area contributed by atoms with Crippen LogP contribution in [0.2, 0.25) is 0 Å². The predicted octanol–water partition coefficient (Wildman–Crippen LogP) is 2.50. The summed E-state index contributed by atoms with van der Waals surface area (Å²) in [6.45, 7) is 2.51. The summed E-state index contributed by atoms with van der Waals surface area (Å²) < 4.78 is 0. The van der Waals surface area contributed by atoms with Crippen LogP contribution in [-0.4, -0.2) is 34.5 Å². The Hall–Kier alpha value is -1.84.